The van der Waals surface area contributed by atoms with E-state index < -0.39 is 35.5 Å². The van der Waals surface area contributed by atoms with Crippen LogP contribution in [0.5, 0.6) is 5.75 Å². The molecule has 0 saturated carbocycles. The molecule has 0 bridgehead atoms. The number of amides is 1. The van der Waals surface area contributed by atoms with E-state index in [2.05, 4.69) is 25.1 Å². The fourth-order valence-corrected chi connectivity index (χ4v) is 2.75. The second-order valence-electron chi connectivity index (χ2n) is 6.12. The van der Waals surface area contributed by atoms with Crippen molar-refractivity contribution in [2.24, 2.45) is 0 Å². The summed E-state index contributed by atoms with van der Waals surface area (Å²) in [6, 6.07) is 7.30. The first-order valence-corrected chi connectivity index (χ1v) is 8.53. The molecule has 12 heteroatoms. The van der Waals surface area contributed by atoms with Gasteiger partial charge in [0.1, 0.15) is 17.1 Å². The maximum Gasteiger partial charge on any atom is 0.573 e. The molecule has 0 aliphatic carbocycles. The molecule has 1 amide bonds. The Morgan fingerprint density at radius 3 is 2.61 bits per heavy atom. The van der Waals surface area contributed by atoms with Gasteiger partial charge >= 0.3 is 6.36 Å². The van der Waals surface area contributed by atoms with Crippen LogP contribution < -0.4 is 10.1 Å². The largest absolute Gasteiger partial charge is 0.573 e. The van der Waals surface area contributed by atoms with Crippen molar-refractivity contribution >= 4 is 17.4 Å². The van der Waals surface area contributed by atoms with E-state index in [4.69, 9.17) is 0 Å². The number of halogens is 5. The predicted molar refractivity (Wildman–Crippen MR) is 97.2 cm³/mol. The minimum Gasteiger partial charge on any atom is -0.405 e. The highest BCUT2D eigenvalue weighted by Crippen LogP contribution is 2.33. The second kappa shape index (κ2) is 7.63. The highest BCUT2D eigenvalue weighted by atomic mass is 19.4. The molecule has 0 saturated heterocycles. The third-order valence-electron chi connectivity index (χ3n) is 4.04. The summed E-state index contributed by atoms with van der Waals surface area (Å²) in [5.41, 5.74) is -0.0185. The van der Waals surface area contributed by atoms with E-state index in [1.54, 1.807) is 0 Å². The molecule has 1 aromatic carbocycles. The standard InChI is InChI=1S/C19H10F5N5O2/c20-10-7-13(21)16(25-8-10)28-18(30)12-9-26-29-6-5-14(27-17(12)29)11-3-1-2-4-15(11)31-19(22,23)24/h1-9H,(H,25,28,30). The molecule has 0 aliphatic heterocycles. The number of pyridine rings is 1. The van der Waals surface area contributed by atoms with Crippen LogP contribution in [0.4, 0.5) is 27.8 Å². The van der Waals surface area contributed by atoms with Crippen LogP contribution in [0.2, 0.25) is 0 Å². The minimum absolute atomic E-state index is 0.0145. The molecule has 0 radical (unpaired) electrons. The molecular formula is C19H10F5N5O2. The van der Waals surface area contributed by atoms with Gasteiger partial charge in [0.25, 0.3) is 5.91 Å². The van der Waals surface area contributed by atoms with Gasteiger partial charge in [0.05, 0.1) is 18.1 Å². The molecule has 1 N–H and O–H groups in total. The minimum atomic E-state index is -4.91. The molecule has 0 spiro atoms. The summed E-state index contributed by atoms with van der Waals surface area (Å²) in [6.45, 7) is 0. The molecule has 7 nitrogen and oxygen atoms in total. The van der Waals surface area contributed by atoms with Gasteiger partial charge in [-0.25, -0.2) is 23.3 Å². The van der Waals surface area contributed by atoms with E-state index in [0.717, 1.165) is 18.5 Å². The lowest BCUT2D eigenvalue weighted by atomic mass is 10.1. The second-order valence-corrected chi connectivity index (χ2v) is 6.12. The third kappa shape index (κ3) is 4.27. The molecule has 4 aromatic rings. The Kier molecular flexibility index (Phi) is 4.97. The van der Waals surface area contributed by atoms with Gasteiger partial charge in [0.2, 0.25) is 0 Å². The number of nitrogens with one attached hydrogen (secondary N) is 1. The summed E-state index contributed by atoms with van der Waals surface area (Å²) >= 11 is 0. The first kappa shape index (κ1) is 20.2. The summed E-state index contributed by atoms with van der Waals surface area (Å²) in [4.78, 5) is 20.2. The number of fused-ring (bicyclic) bond motifs is 1. The number of hydrogen-bond acceptors (Lipinski definition) is 5. The van der Waals surface area contributed by atoms with Gasteiger partial charge in [-0.05, 0) is 18.2 Å². The van der Waals surface area contributed by atoms with E-state index in [1.165, 1.54) is 35.0 Å². The van der Waals surface area contributed by atoms with E-state index in [-0.39, 0.29) is 22.5 Å². The first-order valence-electron chi connectivity index (χ1n) is 8.53. The normalized spacial score (nSPS) is 11.5. The van der Waals surface area contributed by atoms with Crippen molar-refractivity contribution in [1.82, 2.24) is 19.6 Å². The van der Waals surface area contributed by atoms with Crippen LogP contribution in [-0.4, -0.2) is 31.9 Å². The van der Waals surface area contributed by atoms with Gasteiger partial charge in [-0.2, -0.15) is 5.10 Å². The lowest BCUT2D eigenvalue weighted by Crippen LogP contribution is -2.17. The highest BCUT2D eigenvalue weighted by Gasteiger charge is 2.32. The van der Waals surface area contributed by atoms with Gasteiger partial charge in [0.15, 0.2) is 17.3 Å². The Bertz CT molecular complexity index is 1290. The number of hydrogen-bond donors (Lipinski definition) is 1. The van der Waals surface area contributed by atoms with Crippen LogP contribution in [0, 0.1) is 11.6 Å². The van der Waals surface area contributed by atoms with Crippen LogP contribution in [-0.2, 0) is 0 Å². The van der Waals surface area contributed by atoms with E-state index in [0.29, 0.717) is 6.07 Å². The number of ether oxygens (including phenoxy) is 1. The fraction of sp³-hybridized carbons (Fsp3) is 0.0526. The number of rotatable bonds is 4. The van der Waals surface area contributed by atoms with Crippen molar-refractivity contribution in [3.8, 4) is 17.0 Å². The van der Waals surface area contributed by atoms with Crippen LogP contribution >= 0.6 is 0 Å². The zero-order chi connectivity index (χ0) is 22.2. The first-order chi connectivity index (χ1) is 14.7. The van der Waals surface area contributed by atoms with Crippen molar-refractivity contribution in [3.05, 3.63) is 72.2 Å². The molecule has 4 rings (SSSR count). The van der Waals surface area contributed by atoms with Gasteiger partial charge in [-0.3, -0.25) is 4.79 Å². The predicted octanol–water partition coefficient (Wildman–Crippen LogP) is 4.22. The molecule has 31 heavy (non-hydrogen) atoms. The number of nitrogens with zero attached hydrogens (tertiary/aromatic N) is 4. The number of aromatic nitrogens is 4. The van der Waals surface area contributed by atoms with E-state index >= 15 is 0 Å². The average Bonchev–Trinajstić information content (AvgIpc) is 3.12. The lowest BCUT2D eigenvalue weighted by molar-refractivity contribution is -0.274. The lowest BCUT2D eigenvalue weighted by Gasteiger charge is -2.13. The molecule has 0 fully saturated rings. The SMILES string of the molecule is O=C(Nc1ncc(F)cc1F)c1cnn2ccc(-c3ccccc3OC(F)(F)F)nc12. The Labute approximate surface area is 170 Å². The summed E-state index contributed by atoms with van der Waals surface area (Å²) in [5.74, 6) is -3.84. The number of carbonyl (C=O) groups is 1. The van der Waals surface area contributed by atoms with Crippen LogP contribution in [0.15, 0.2) is 55.0 Å². The van der Waals surface area contributed by atoms with Crippen molar-refractivity contribution in [2.75, 3.05) is 5.32 Å². The summed E-state index contributed by atoms with van der Waals surface area (Å²) in [7, 11) is 0. The monoisotopic (exact) mass is 435 g/mol. The van der Waals surface area contributed by atoms with Crippen molar-refractivity contribution in [1.29, 1.82) is 0 Å². The highest BCUT2D eigenvalue weighted by molar-refractivity contribution is 6.07. The van der Waals surface area contributed by atoms with Crippen molar-refractivity contribution < 1.29 is 31.5 Å². The zero-order valence-electron chi connectivity index (χ0n) is 15.2. The smallest absolute Gasteiger partial charge is 0.405 e. The van der Waals surface area contributed by atoms with Gasteiger partial charge < -0.3 is 10.1 Å². The molecule has 0 aliphatic rings. The molecule has 3 aromatic heterocycles. The van der Waals surface area contributed by atoms with Crippen LogP contribution in [0.25, 0.3) is 16.9 Å². The van der Waals surface area contributed by atoms with Crippen molar-refractivity contribution in [2.45, 2.75) is 6.36 Å². The number of para-hydroxylation sites is 1. The molecule has 3 heterocycles. The zero-order valence-corrected chi connectivity index (χ0v) is 15.2. The van der Waals surface area contributed by atoms with E-state index in [9.17, 15) is 26.7 Å². The number of alkyl halides is 3. The summed E-state index contributed by atoms with van der Waals surface area (Å²) in [6.07, 6.45) is -1.66. The van der Waals surface area contributed by atoms with E-state index in [1.807, 2.05) is 0 Å². The Balaban J connectivity index is 1.71. The maximum absolute atomic E-state index is 13.8. The maximum atomic E-state index is 13.8. The van der Waals surface area contributed by atoms with Gasteiger partial charge in [-0.15, -0.1) is 13.2 Å². The fourth-order valence-electron chi connectivity index (χ4n) is 2.75. The van der Waals surface area contributed by atoms with Crippen molar-refractivity contribution in [3.63, 3.8) is 0 Å². The molecule has 0 unspecified atom stereocenters. The quantitative estimate of drug-likeness (QED) is 0.486. The number of benzene rings is 1. The van der Waals surface area contributed by atoms with Gasteiger partial charge in [0, 0.05) is 17.8 Å². The molecular weight excluding hydrogens is 425 g/mol. The Hall–Kier alpha value is -4.09. The van der Waals surface area contributed by atoms with Gasteiger partial charge in [-0.1, -0.05) is 12.1 Å². The summed E-state index contributed by atoms with van der Waals surface area (Å²) < 4.78 is 70.1. The summed E-state index contributed by atoms with van der Waals surface area (Å²) in [5, 5.41) is 6.12. The Morgan fingerprint density at radius 1 is 1.10 bits per heavy atom. The van der Waals surface area contributed by atoms with Crippen LogP contribution in [0.3, 0.4) is 0 Å². The molecule has 0 atom stereocenters. The Morgan fingerprint density at radius 2 is 1.87 bits per heavy atom. The van der Waals surface area contributed by atoms with Crippen LogP contribution in [0.1, 0.15) is 10.4 Å². The average molecular weight is 435 g/mol. The third-order valence-corrected chi connectivity index (χ3v) is 4.04. The number of anilines is 1. The topological polar surface area (TPSA) is 81.4 Å². The number of carbonyl (C=O) groups excluding carboxylic acids is 1. The molecule has 158 valence electrons.